The molecule has 0 aliphatic rings. The van der Waals surface area contributed by atoms with Crippen LogP contribution in [-0.4, -0.2) is 16.7 Å². The lowest BCUT2D eigenvalue weighted by Gasteiger charge is -2.03. The Morgan fingerprint density at radius 3 is 3.00 bits per heavy atom. The number of nitrogens with two attached hydrogens (primary N) is 1. The summed E-state index contributed by atoms with van der Waals surface area (Å²) in [7, 11) is 0. The number of hydrogen-bond donors (Lipinski definition) is 2. The summed E-state index contributed by atoms with van der Waals surface area (Å²) in [4.78, 5) is 0. The summed E-state index contributed by atoms with van der Waals surface area (Å²) in [6.07, 6.45) is 3.83. The van der Waals surface area contributed by atoms with Gasteiger partial charge in [0.1, 0.15) is 0 Å². The van der Waals surface area contributed by atoms with E-state index in [-0.39, 0.29) is 0 Å². The van der Waals surface area contributed by atoms with Crippen LogP contribution in [0.25, 0.3) is 11.3 Å². The molecule has 2 aromatic rings. The first-order chi connectivity index (χ1) is 7.81. The minimum absolute atomic E-state index is 0.711. The second-order valence-electron chi connectivity index (χ2n) is 3.67. The molecule has 0 spiro atoms. The molecule has 0 fully saturated rings. The zero-order chi connectivity index (χ0) is 11.4. The molecule has 0 unspecified atom stereocenters. The number of H-pyrrole nitrogens is 1. The number of nitrogens with one attached hydrogen (secondary N) is 1. The van der Waals surface area contributed by atoms with Crippen LogP contribution in [0.15, 0.2) is 34.9 Å². The number of halogens is 1. The quantitative estimate of drug-likeness (QED) is 0.904. The van der Waals surface area contributed by atoms with Gasteiger partial charge in [-0.05, 0) is 37.1 Å². The molecule has 3 N–H and O–H groups in total. The summed E-state index contributed by atoms with van der Waals surface area (Å²) >= 11 is 3.47. The van der Waals surface area contributed by atoms with Crippen LogP contribution in [0.4, 0.5) is 0 Å². The van der Waals surface area contributed by atoms with Crippen LogP contribution >= 0.6 is 15.9 Å². The third-order valence-electron chi connectivity index (χ3n) is 2.48. The third-order valence-corrected chi connectivity index (χ3v) is 2.97. The highest BCUT2D eigenvalue weighted by atomic mass is 79.9. The van der Waals surface area contributed by atoms with Gasteiger partial charge >= 0.3 is 0 Å². The number of aryl methyl sites for hydroxylation is 1. The Morgan fingerprint density at radius 2 is 2.25 bits per heavy atom. The molecule has 84 valence electrons. The molecule has 1 aromatic carbocycles. The molecule has 0 aliphatic carbocycles. The van der Waals surface area contributed by atoms with E-state index < -0.39 is 0 Å². The monoisotopic (exact) mass is 279 g/mol. The average Bonchev–Trinajstić information content (AvgIpc) is 2.74. The summed E-state index contributed by atoms with van der Waals surface area (Å²) in [6, 6.07) is 8.19. The van der Waals surface area contributed by atoms with Gasteiger partial charge in [-0.2, -0.15) is 5.10 Å². The minimum atomic E-state index is 0.711. The number of benzene rings is 1. The molecular weight excluding hydrogens is 266 g/mol. The van der Waals surface area contributed by atoms with Gasteiger partial charge in [0.25, 0.3) is 0 Å². The fourth-order valence-electron chi connectivity index (χ4n) is 1.69. The maximum Gasteiger partial charge on any atom is 0.0682 e. The predicted octanol–water partition coefficient (Wildman–Crippen LogP) is 2.73. The number of rotatable bonds is 4. The maximum absolute atomic E-state index is 5.52. The van der Waals surface area contributed by atoms with Crippen molar-refractivity contribution in [2.45, 2.75) is 12.8 Å². The maximum atomic E-state index is 5.52. The highest BCUT2D eigenvalue weighted by Gasteiger charge is 2.07. The van der Waals surface area contributed by atoms with E-state index >= 15 is 0 Å². The first-order valence-electron chi connectivity index (χ1n) is 5.29. The molecule has 2 rings (SSSR count). The van der Waals surface area contributed by atoms with Crippen LogP contribution in [0.1, 0.15) is 12.0 Å². The predicted molar refractivity (Wildman–Crippen MR) is 69.1 cm³/mol. The zero-order valence-corrected chi connectivity index (χ0v) is 10.5. The fraction of sp³-hybridized carbons (Fsp3) is 0.250. The van der Waals surface area contributed by atoms with Crippen LogP contribution in [0.3, 0.4) is 0 Å². The molecular formula is C12H14BrN3. The van der Waals surface area contributed by atoms with E-state index in [2.05, 4.69) is 38.3 Å². The van der Waals surface area contributed by atoms with Crippen LogP contribution in [0.5, 0.6) is 0 Å². The SMILES string of the molecule is NCCCc1cn[nH]c1-c1cccc(Br)c1. The molecule has 0 aliphatic heterocycles. The van der Waals surface area contributed by atoms with Gasteiger partial charge in [-0.3, -0.25) is 5.10 Å². The van der Waals surface area contributed by atoms with Gasteiger partial charge in [0.05, 0.1) is 11.9 Å². The lowest BCUT2D eigenvalue weighted by Crippen LogP contribution is -2.00. The molecule has 16 heavy (non-hydrogen) atoms. The normalized spacial score (nSPS) is 10.6. The summed E-state index contributed by atoms with van der Waals surface area (Å²) in [5.41, 5.74) is 8.99. The second-order valence-corrected chi connectivity index (χ2v) is 4.59. The summed E-state index contributed by atoms with van der Waals surface area (Å²) < 4.78 is 1.07. The molecule has 0 atom stereocenters. The molecule has 0 bridgehead atoms. The van der Waals surface area contributed by atoms with Gasteiger partial charge in [0, 0.05) is 10.0 Å². The molecule has 0 amide bonds. The van der Waals surface area contributed by atoms with E-state index in [0.29, 0.717) is 6.54 Å². The standard InChI is InChI=1S/C12H14BrN3/c13-11-5-1-3-9(7-11)12-10(4-2-6-14)8-15-16-12/h1,3,5,7-8H,2,4,6,14H2,(H,15,16). The van der Waals surface area contributed by atoms with Gasteiger partial charge < -0.3 is 5.73 Å². The van der Waals surface area contributed by atoms with Gasteiger partial charge in [-0.15, -0.1) is 0 Å². The second kappa shape index (κ2) is 5.27. The Hall–Kier alpha value is -1.13. The van der Waals surface area contributed by atoms with Crippen LogP contribution < -0.4 is 5.73 Å². The summed E-state index contributed by atoms with van der Waals surface area (Å²) in [6.45, 7) is 0.711. The van der Waals surface area contributed by atoms with Crippen molar-refractivity contribution in [1.82, 2.24) is 10.2 Å². The fourth-order valence-corrected chi connectivity index (χ4v) is 2.09. The third kappa shape index (κ3) is 2.51. The van der Waals surface area contributed by atoms with Crippen LogP contribution in [-0.2, 0) is 6.42 Å². The van der Waals surface area contributed by atoms with Gasteiger partial charge in [0.15, 0.2) is 0 Å². The summed E-state index contributed by atoms with van der Waals surface area (Å²) in [5, 5.41) is 7.15. The Kier molecular flexibility index (Phi) is 3.74. The van der Waals surface area contributed by atoms with Crippen molar-refractivity contribution in [2.24, 2.45) is 5.73 Å². The van der Waals surface area contributed by atoms with E-state index in [1.54, 1.807) is 0 Å². The largest absolute Gasteiger partial charge is 0.330 e. The molecule has 0 saturated heterocycles. The molecule has 3 nitrogen and oxygen atoms in total. The Balaban J connectivity index is 2.29. The molecule has 1 aromatic heterocycles. The van der Waals surface area contributed by atoms with Crippen molar-refractivity contribution < 1.29 is 0 Å². The average molecular weight is 280 g/mol. The number of nitrogens with zero attached hydrogens (tertiary/aromatic N) is 1. The van der Waals surface area contributed by atoms with E-state index in [4.69, 9.17) is 5.73 Å². The zero-order valence-electron chi connectivity index (χ0n) is 8.91. The summed E-state index contributed by atoms with van der Waals surface area (Å²) in [5.74, 6) is 0. The Morgan fingerprint density at radius 1 is 1.38 bits per heavy atom. The lowest BCUT2D eigenvalue weighted by atomic mass is 10.1. The van der Waals surface area contributed by atoms with E-state index in [1.807, 2.05) is 18.3 Å². The molecule has 1 heterocycles. The van der Waals surface area contributed by atoms with Crippen LogP contribution in [0, 0.1) is 0 Å². The van der Waals surface area contributed by atoms with Crippen molar-refractivity contribution in [1.29, 1.82) is 0 Å². The molecule has 4 heteroatoms. The van der Waals surface area contributed by atoms with Gasteiger partial charge in [-0.1, -0.05) is 28.1 Å². The highest BCUT2D eigenvalue weighted by molar-refractivity contribution is 9.10. The smallest absolute Gasteiger partial charge is 0.0682 e. The molecule has 0 radical (unpaired) electrons. The highest BCUT2D eigenvalue weighted by Crippen LogP contribution is 2.24. The van der Waals surface area contributed by atoms with E-state index in [0.717, 1.165) is 28.6 Å². The Labute approximate surface area is 103 Å². The van der Waals surface area contributed by atoms with Crippen molar-refractivity contribution in [2.75, 3.05) is 6.54 Å². The molecule has 0 saturated carbocycles. The number of aromatic amines is 1. The number of aromatic nitrogens is 2. The van der Waals surface area contributed by atoms with Crippen molar-refractivity contribution in [3.05, 3.63) is 40.5 Å². The lowest BCUT2D eigenvalue weighted by molar-refractivity contribution is 0.834. The van der Waals surface area contributed by atoms with Gasteiger partial charge in [-0.25, -0.2) is 0 Å². The van der Waals surface area contributed by atoms with Crippen LogP contribution in [0.2, 0.25) is 0 Å². The Bertz CT molecular complexity index is 465. The van der Waals surface area contributed by atoms with Crippen molar-refractivity contribution in [3.63, 3.8) is 0 Å². The van der Waals surface area contributed by atoms with Gasteiger partial charge in [0.2, 0.25) is 0 Å². The van der Waals surface area contributed by atoms with E-state index in [1.165, 1.54) is 5.56 Å². The minimum Gasteiger partial charge on any atom is -0.330 e. The van der Waals surface area contributed by atoms with Crippen molar-refractivity contribution in [3.8, 4) is 11.3 Å². The first-order valence-corrected chi connectivity index (χ1v) is 6.09. The first kappa shape index (κ1) is 11.4. The number of hydrogen-bond acceptors (Lipinski definition) is 2. The topological polar surface area (TPSA) is 54.7 Å². The van der Waals surface area contributed by atoms with E-state index in [9.17, 15) is 0 Å². The van der Waals surface area contributed by atoms with Crippen molar-refractivity contribution >= 4 is 15.9 Å².